The molecule has 12 nitrogen and oxygen atoms in total. The third-order valence-electron chi connectivity index (χ3n) is 5.58. The lowest BCUT2D eigenvalue weighted by molar-refractivity contribution is -0.810. The van der Waals surface area contributed by atoms with Gasteiger partial charge in [-0.15, -0.1) is 0 Å². The average Bonchev–Trinajstić information content (AvgIpc) is 2.59. The van der Waals surface area contributed by atoms with Gasteiger partial charge in [-0.25, -0.2) is 30.3 Å². The Hall–Kier alpha value is -3.18. The van der Waals surface area contributed by atoms with Crippen molar-refractivity contribution in [3.63, 3.8) is 0 Å². The van der Waals surface area contributed by atoms with Crippen molar-refractivity contribution in [2.75, 3.05) is 0 Å². The van der Waals surface area contributed by atoms with Crippen LogP contribution in [0.2, 0.25) is 0 Å². The highest BCUT2D eigenvalue weighted by molar-refractivity contribution is 5.31. The number of nitro groups is 3. The number of rotatable bonds is 3. The molecule has 144 valence electrons. The normalized spacial score (nSPS) is 26.7. The molecule has 5 rings (SSSR count). The van der Waals surface area contributed by atoms with Crippen molar-refractivity contribution in [3.05, 3.63) is 65.2 Å². The van der Waals surface area contributed by atoms with Crippen LogP contribution in [-0.2, 0) is 19.3 Å². The Kier molecular flexibility index (Phi) is 3.97. The number of nitrogens with zero attached hydrogens (tertiary/aromatic N) is 6. The molecule has 0 atom stereocenters. The Morgan fingerprint density at radius 2 is 0.889 bits per heavy atom. The molecule has 4 aliphatic rings. The van der Waals surface area contributed by atoms with E-state index in [1.807, 2.05) is 18.2 Å². The number of hydrazine groups is 3. The van der Waals surface area contributed by atoms with Crippen LogP contribution in [0.15, 0.2) is 18.2 Å². The molecule has 0 amide bonds. The Bertz CT molecular complexity index is 689. The summed E-state index contributed by atoms with van der Waals surface area (Å²) in [6, 6.07) is 5.98. The number of hydrogen-bond acceptors (Lipinski definition) is 6. The Labute approximate surface area is 153 Å². The molecule has 0 spiro atoms. The van der Waals surface area contributed by atoms with Gasteiger partial charge in [0.25, 0.3) is 0 Å². The number of aryl methyl sites for hydroxylation is 3. The highest BCUT2D eigenvalue weighted by atomic mass is 16.7. The van der Waals surface area contributed by atoms with Gasteiger partial charge < -0.3 is 0 Å². The average molecular weight is 378 g/mol. The van der Waals surface area contributed by atoms with E-state index < -0.39 is 33.6 Å². The number of fused-ring (bicyclic) bond motifs is 3. The highest BCUT2D eigenvalue weighted by Crippen LogP contribution is 2.35. The van der Waals surface area contributed by atoms with Crippen LogP contribution in [0, 0.1) is 30.3 Å². The first-order valence-electron chi connectivity index (χ1n) is 8.76. The summed E-state index contributed by atoms with van der Waals surface area (Å²) in [5, 5.41) is 35.4. The highest BCUT2D eigenvalue weighted by Gasteiger charge is 2.60. The predicted octanol–water partition coefficient (Wildman–Crippen LogP) is 0.985. The number of benzene rings is 1. The topological polar surface area (TPSA) is 139 Å². The fraction of sp³-hybridized carbons (Fsp3) is 0.600. The molecule has 6 bridgehead atoms. The zero-order chi connectivity index (χ0) is 19.3. The number of hydrogen-bond donors (Lipinski definition) is 0. The van der Waals surface area contributed by atoms with E-state index >= 15 is 0 Å². The van der Waals surface area contributed by atoms with Gasteiger partial charge in [0, 0.05) is 19.3 Å². The molecule has 4 heterocycles. The van der Waals surface area contributed by atoms with E-state index in [-0.39, 0.29) is 19.3 Å². The fourth-order valence-electron chi connectivity index (χ4n) is 4.57. The molecule has 0 N–H and O–H groups in total. The van der Waals surface area contributed by atoms with Crippen LogP contribution in [0.1, 0.15) is 36.0 Å². The summed E-state index contributed by atoms with van der Waals surface area (Å²) in [4.78, 5) is 35.4. The van der Waals surface area contributed by atoms with Gasteiger partial charge in [0.15, 0.2) is 15.1 Å². The Balaban J connectivity index is 1.93. The predicted molar refractivity (Wildman–Crippen MR) is 89.3 cm³/mol. The van der Waals surface area contributed by atoms with Gasteiger partial charge in [-0.2, -0.15) is 0 Å². The maximum Gasteiger partial charge on any atom is 0.223 e. The van der Waals surface area contributed by atoms with Gasteiger partial charge in [0.1, 0.15) is 0 Å². The zero-order valence-electron chi connectivity index (χ0n) is 14.3. The quantitative estimate of drug-likeness (QED) is 0.556. The lowest BCUT2D eigenvalue weighted by Crippen LogP contribution is -2.74. The molecule has 27 heavy (non-hydrogen) atoms. The van der Waals surface area contributed by atoms with Crippen molar-refractivity contribution in [3.8, 4) is 0 Å². The van der Waals surface area contributed by atoms with Crippen LogP contribution in [-0.4, -0.2) is 48.6 Å². The molecular weight excluding hydrogens is 360 g/mol. The fourth-order valence-corrected chi connectivity index (χ4v) is 4.57. The molecule has 0 unspecified atom stereocenters. The van der Waals surface area contributed by atoms with Gasteiger partial charge in [-0.05, 0) is 36.0 Å². The van der Waals surface area contributed by atoms with E-state index in [4.69, 9.17) is 0 Å². The summed E-state index contributed by atoms with van der Waals surface area (Å²) in [5.74, 6) is 0. The van der Waals surface area contributed by atoms with E-state index in [1.165, 1.54) is 0 Å². The second-order valence-corrected chi connectivity index (χ2v) is 7.07. The summed E-state index contributed by atoms with van der Waals surface area (Å²) >= 11 is 0. The molecule has 12 heteroatoms. The van der Waals surface area contributed by atoms with E-state index in [2.05, 4.69) is 0 Å². The van der Waals surface area contributed by atoms with Gasteiger partial charge in [-0.3, -0.25) is 0 Å². The second-order valence-electron chi connectivity index (χ2n) is 7.07. The van der Waals surface area contributed by atoms with Crippen LogP contribution in [0.3, 0.4) is 0 Å². The molecule has 0 radical (unpaired) electrons. The zero-order valence-corrected chi connectivity index (χ0v) is 14.3. The molecule has 1 saturated heterocycles. The minimum Gasteiger partial charge on any atom is -0.235 e. The monoisotopic (exact) mass is 378 g/mol. The first-order chi connectivity index (χ1) is 12.9. The summed E-state index contributed by atoms with van der Waals surface area (Å²) in [6.45, 7) is 0. The van der Waals surface area contributed by atoms with Crippen LogP contribution < -0.4 is 0 Å². The first kappa shape index (κ1) is 17.2. The lowest BCUT2D eigenvalue weighted by Gasteiger charge is -2.45. The summed E-state index contributed by atoms with van der Waals surface area (Å²) < 4.78 is 0. The minimum absolute atomic E-state index is 0.142. The van der Waals surface area contributed by atoms with Crippen LogP contribution in [0.5, 0.6) is 0 Å². The maximum atomic E-state index is 11.8. The molecule has 1 fully saturated rings. The van der Waals surface area contributed by atoms with E-state index in [0.717, 1.165) is 16.7 Å². The van der Waals surface area contributed by atoms with Crippen molar-refractivity contribution in [2.24, 2.45) is 0 Å². The van der Waals surface area contributed by atoms with E-state index in [0.29, 0.717) is 34.3 Å². The summed E-state index contributed by atoms with van der Waals surface area (Å²) in [7, 11) is 0. The van der Waals surface area contributed by atoms with Crippen molar-refractivity contribution in [1.82, 2.24) is 15.0 Å². The maximum absolute atomic E-state index is 11.8. The third kappa shape index (κ3) is 2.76. The van der Waals surface area contributed by atoms with Crippen LogP contribution in [0.25, 0.3) is 0 Å². The summed E-state index contributed by atoms with van der Waals surface area (Å²) in [5.41, 5.74) is 2.97. The van der Waals surface area contributed by atoms with E-state index in [9.17, 15) is 30.3 Å². The van der Waals surface area contributed by atoms with Gasteiger partial charge >= 0.3 is 0 Å². The van der Waals surface area contributed by atoms with E-state index in [1.54, 1.807) is 0 Å². The molecule has 1 aromatic carbocycles. The van der Waals surface area contributed by atoms with Crippen molar-refractivity contribution in [1.29, 1.82) is 0 Å². The van der Waals surface area contributed by atoms with Gasteiger partial charge in [0.2, 0.25) is 18.5 Å². The van der Waals surface area contributed by atoms with Crippen molar-refractivity contribution < 1.29 is 15.1 Å². The molecule has 0 saturated carbocycles. The van der Waals surface area contributed by atoms with Crippen LogP contribution in [0.4, 0.5) is 0 Å². The molecule has 1 aromatic rings. The standard InChI is InChI=1S/C15H18N6O6/c22-19(23)16-13-4-1-10-7-11-2-5-14(16)18(21(26)27)15(17(13)20(24)25)6-3-12(8-10)9-11/h7-9,13-15H,1-6H2. The van der Waals surface area contributed by atoms with Crippen molar-refractivity contribution >= 4 is 0 Å². The van der Waals surface area contributed by atoms with Gasteiger partial charge in [-0.1, -0.05) is 33.2 Å². The molecular formula is C15H18N6O6. The third-order valence-corrected chi connectivity index (χ3v) is 5.58. The summed E-state index contributed by atoms with van der Waals surface area (Å²) in [6.07, 6.45) is -1.73. The molecule has 0 aliphatic carbocycles. The minimum atomic E-state index is -1.15. The van der Waals surface area contributed by atoms with Gasteiger partial charge in [0.05, 0.1) is 0 Å². The lowest BCUT2D eigenvalue weighted by atomic mass is 9.92. The molecule has 0 aromatic heterocycles. The first-order valence-corrected chi connectivity index (χ1v) is 8.76. The van der Waals surface area contributed by atoms with Crippen molar-refractivity contribution in [2.45, 2.75) is 57.0 Å². The Morgan fingerprint density at radius 3 is 1.11 bits per heavy atom. The largest absolute Gasteiger partial charge is 0.235 e. The smallest absolute Gasteiger partial charge is 0.223 e. The second kappa shape index (κ2) is 6.21. The Morgan fingerprint density at radius 1 is 0.630 bits per heavy atom. The van der Waals surface area contributed by atoms with Crippen LogP contribution >= 0.6 is 0 Å². The SMILES string of the molecule is O=[N+]([O-])N1C2CCc3cc4cc(c3)CCC(N2[N+](=O)[O-])N([N+](=O)[O-])C1CC4. The molecule has 4 aliphatic heterocycles.